The Bertz CT molecular complexity index is 386. The van der Waals surface area contributed by atoms with Crippen molar-refractivity contribution in [3.63, 3.8) is 0 Å². The number of nitrogens with zero attached hydrogens (tertiary/aromatic N) is 4. The zero-order chi connectivity index (χ0) is 11.7. The first-order chi connectivity index (χ1) is 7.58. The number of hydrogen-bond acceptors (Lipinski definition) is 5. The van der Waals surface area contributed by atoms with E-state index in [2.05, 4.69) is 10.2 Å². The van der Waals surface area contributed by atoms with Crippen LogP contribution in [0.25, 0.3) is 0 Å². The van der Waals surface area contributed by atoms with Gasteiger partial charge in [-0.25, -0.2) is 0 Å². The second-order valence-electron chi connectivity index (χ2n) is 4.34. The van der Waals surface area contributed by atoms with Crippen LogP contribution >= 0.6 is 11.3 Å². The molecule has 0 radical (unpaired) electrons. The Morgan fingerprint density at radius 3 is 2.62 bits per heavy atom. The Morgan fingerprint density at radius 1 is 1.38 bits per heavy atom. The normalized spacial score (nSPS) is 14.9. The molecule has 6 heteroatoms. The number of carbonyl (C=O) groups excluding carboxylic acids is 1. The lowest BCUT2D eigenvalue weighted by molar-refractivity contribution is -0.127. The molecule has 0 atom stereocenters. The fraction of sp³-hybridized carbons (Fsp3) is 0.700. The smallest absolute Gasteiger partial charge is 0.241 e. The van der Waals surface area contributed by atoms with E-state index in [1.165, 1.54) is 12.8 Å². The van der Waals surface area contributed by atoms with Crippen molar-refractivity contribution in [2.45, 2.75) is 18.8 Å². The minimum absolute atomic E-state index is 0.0747. The van der Waals surface area contributed by atoms with E-state index in [-0.39, 0.29) is 5.91 Å². The SMILES string of the molecule is CN(C)C(=O)CN(C)c1nnc(C2CC2)s1. The third-order valence-electron chi connectivity index (χ3n) is 2.55. The zero-order valence-corrected chi connectivity index (χ0v) is 10.6. The summed E-state index contributed by atoms with van der Waals surface area (Å²) < 4.78 is 0. The lowest BCUT2D eigenvalue weighted by atomic mass is 10.5. The Morgan fingerprint density at radius 2 is 2.06 bits per heavy atom. The zero-order valence-electron chi connectivity index (χ0n) is 9.80. The van der Waals surface area contributed by atoms with Crippen LogP contribution < -0.4 is 4.90 Å². The van der Waals surface area contributed by atoms with Gasteiger partial charge in [0.1, 0.15) is 5.01 Å². The van der Waals surface area contributed by atoms with Crippen LogP contribution in [-0.2, 0) is 4.79 Å². The summed E-state index contributed by atoms with van der Waals surface area (Å²) in [6, 6.07) is 0. The largest absolute Gasteiger partial charge is 0.347 e. The molecular formula is C10H16N4OS. The minimum Gasteiger partial charge on any atom is -0.347 e. The molecule has 0 N–H and O–H groups in total. The highest BCUT2D eigenvalue weighted by molar-refractivity contribution is 7.15. The molecule has 0 aliphatic heterocycles. The van der Waals surface area contributed by atoms with Gasteiger partial charge in [0, 0.05) is 27.1 Å². The number of aromatic nitrogens is 2. The van der Waals surface area contributed by atoms with Gasteiger partial charge in [-0.1, -0.05) is 11.3 Å². The third-order valence-corrected chi connectivity index (χ3v) is 3.75. The van der Waals surface area contributed by atoms with Crippen molar-refractivity contribution in [1.29, 1.82) is 0 Å². The monoisotopic (exact) mass is 240 g/mol. The lowest BCUT2D eigenvalue weighted by Gasteiger charge is -2.17. The second kappa shape index (κ2) is 4.37. The van der Waals surface area contributed by atoms with E-state index < -0.39 is 0 Å². The molecule has 16 heavy (non-hydrogen) atoms. The summed E-state index contributed by atoms with van der Waals surface area (Å²) in [5, 5.41) is 10.2. The molecule has 0 saturated heterocycles. The van der Waals surface area contributed by atoms with E-state index in [0.29, 0.717) is 12.5 Å². The molecule has 1 heterocycles. The van der Waals surface area contributed by atoms with Gasteiger partial charge in [-0.3, -0.25) is 4.79 Å². The summed E-state index contributed by atoms with van der Waals surface area (Å²) in [6.07, 6.45) is 2.46. The second-order valence-corrected chi connectivity index (χ2v) is 5.33. The molecule has 0 aromatic carbocycles. The molecule has 5 nitrogen and oxygen atoms in total. The molecule has 1 amide bonds. The lowest BCUT2D eigenvalue weighted by Crippen LogP contribution is -2.34. The van der Waals surface area contributed by atoms with Gasteiger partial charge in [0.05, 0.1) is 6.54 Å². The van der Waals surface area contributed by atoms with Crippen molar-refractivity contribution in [3.05, 3.63) is 5.01 Å². The van der Waals surface area contributed by atoms with Gasteiger partial charge in [0.2, 0.25) is 11.0 Å². The number of anilines is 1. The molecule has 0 unspecified atom stereocenters. The van der Waals surface area contributed by atoms with Gasteiger partial charge in [-0.15, -0.1) is 10.2 Å². The van der Waals surface area contributed by atoms with E-state index >= 15 is 0 Å². The third kappa shape index (κ3) is 2.49. The number of carbonyl (C=O) groups is 1. The van der Waals surface area contributed by atoms with Crippen molar-refractivity contribution in [2.24, 2.45) is 0 Å². The van der Waals surface area contributed by atoms with Gasteiger partial charge in [-0.05, 0) is 12.8 Å². The van der Waals surface area contributed by atoms with E-state index in [1.54, 1.807) is 30.3 Å². The van der Waals surface area contributed by atoms with Gasteiger partial charge in [-0.2, -0.15) is 0 Å². The van der Waals surface area contributed by atoms with Crippen LogP contribution in [0.4, 0.5) is 5.13 Å². The molecule has 0 bridgehead atoms. The summed E-state index contributed by atoms with van der Waals surface area (Å²) in [4.78, 5) is 15.0. The fourth-order valence-electron chi connectivity index (χ4n) is 1.29. The molecule has 0 spiro atoms. The van der Waals surface area contributed by atoms with Gasteiger partial charge in [0.25, 0.3) is 0 Å². The summed E-state index contributed by atoms with van der Waals surface area (Å²) in [6.45, 7) is 0.353. The topological polar surface area (TPSA) is 49.3 Å². The number of hydrogen-bond donors (Lipinski definition) is 0. The van der Waals surface area contributed by atoms with Crippen LogP contribution in [0, 0.1) is 0 Å². The van der Waals surface area contributed by atoms with Crippen molar-refractivity contribution >= 4 is 22.4 Å². The van der Waals surface area contributed by atoms with E-state index in [4.69, 9.17) is 0 Å². The van der Waals surface area contributed by atoms with Crippen molar-refractivity contribution in [2.75, 3.05) is 32.6 Å². The summed E-state index contributed by atoms with van der Waals surface area (Å²) in [5.41, 5.74) is 0. The molecule has 1 aromatic rings. The summed E-state index contributed by atoms with van der Waals surface area (Å²) >= 11 is 1.60. The van der Waals surface area contributed by atoms with Crippen molar-refractivity contribution < 1.29 is 4.79 Å². The first-order valence-electron chi connectivity index (χ1n) is 5.32. The van der Waals surface area contributed by atoms with Crippen LogP contribution in [0.15, 0.2) is 0 Å². The number of amides is 1. The van der Waals surface area contributed by atoms with E-state index in [9.17, 15) is 4.79 Å². The summed E-state index contributed by atoms with van der Waals surface area (Å²) in [7, 11) is 5.39. The maximum Gasteiger partial charge on any atom is 0.241 e. The Hall–Kier alpha value is -1.17. The predicted molar refractivity (Wildman–Crippen MR) is 63.8 cm³/mol. The highest BCUT2D eigenvalue weighted by atomic mass is 32.1. The first kappa shape index (κ1) is 11.3. The van der Waals surface area contributed by atoms with Gasteiger partial charge in [0.15, 0.2) is 0 Å². The Labute approximate surface area is 99.1 Å². The van der Waals surface area contributed by atoms with Crippen LogP contribution in [0.5, 0.6) is 0 Å². The molecular weight excluding hydrogens is 224 g/mol. The number of rotatable bonds is 4. The van der Waals surface area contributed by atoms with Crippen molar-refractivity contribution in [3.8, 4) is 0 Å². The van der Waals surface area contributed by atoms with Gasteiger partial charge < -0.3 is 9.80 Å². The molecule has 88 valence electrons. The highest BCUT2D eigenvalue weighted by Gasteiger charge is 2.28. The highest BCUT2D eigenvalue weighted by Crippen LogP contribution is 2.42. The molecule has 1 aromatic heterocycles. The predicted octanol–water partition coefficient (Wildman–Crippen LogP) is 0.940. The van der Waals surface area contributed by atoms with Crippen LogP contribution in [0.2, 0.25) is 0 Å². The standard InChI is InChI=1S/C10H16N4OS/c1-13(2)8(15)6-14(3)10-12-11-9(16-10)7-4-5-7/h7H,4-6H2,1-3H3. The fourth-order valence-corrected chi connectivity index (χ4v) is 2.26. The van der Waals surface area contributed by atoms with E-state index in [0.717, 1.165) is 10.1 Å². The van der Waals surface area contributed by atoms with Crippen LogP contribution in [0.1, 0.15) is 23.8 Å². The molecule has 2 rings (SSSR count). The summed E-state index contributed by atoms with van der Waals surface area (Å²) in [5.74, 6) is 0.704. The maximum atomic E-state index is 11.5. The number of likely N-dealkylation sites (N-methyl/N-ethyl adjacent to an activating group) is 2. The molecule has 1 aliphatic rings. The quantitative estimate of drug-likeness (QED) is 0.786. The van der Waals surface area contributed by atoms with E-state index in [1.807, 2.05) is 11.9 Å². The Balaban J connectivity index is 1.97. The van der Waals surface area contributed by atoms with Crippen LogP contribution in [-0.4, -0.2) is 48.7 Å². The molecule has 1 fully saturated rings. The minimum atomic E-state index is 0.0747. The average molecular weight is 240 g/mol. The van der Waals surface area contributed by atoms with Gasteiger partial charge >= 0.3 is 0 Å². The maximum absolute atomic E-state index is 11.5. The molecule has 1 aliphatic carbocycles. The average Bonchev–Trinajstić information content (AvgIpc) is 2.96. The van der Waals surface area contributed by atoms with Crippen molar-refractivity contribution in [1.82, 2.24) is 15.1 Å². The molecule has 1 saturated carbocycles. The first-order valence-corrected chi connectivity index (χ1v) is 6.14. The van der Waals surface area contributed by atoms with Crippen LogP contribution in [0.3, 0.4) is 0 Å². The Kier molecular flexibility index (Phi) is 3.09.